The largest absolute Gasteiger partial charge is 0.493 e. The van der Waals surface area contributed by atoms with Crippen LogP contribution in [0.4, 0.5) is 0 Å². The molecule has 1 aliphatic heterocycles. The molecule has 1 amide bonds. The highest BCUT2D eigenvalue weighted by atomic mass is 35.5. The summed E-state index contributed by atoms with van der Waals surface area (Å²) in [5.41, 5.74) is 6.37. The number of nitrogens with two attached hydrogens (primary N) is 1. The number of amides is 1. The van der Waals surface area contributed by atoms with Gasteiger partial charge in [-0.1, -0.05) is 13.8 Å². The molecule has 1 saturated heterocycles. The highest BCUT2D eigenvalue weighted by Gasteiger charge is 2.28. The van der Waals surface area contributed by atoms with Crippen molar-refractivity contribution < 1.29 is 14.3 Å². The number of nitrogens with zero attached hydrogens (tertiary/aromatic N) is 1. The molecule has 0 spiro atoms. The van der Waals surface area contributed by atoms with Gasteiger partial charge in [-0.3, -0.25) is 4.79 Å². The number of benzene rings is 1. The molecule has 1 aromatic rings. The van der Waals surface area contributed by atoms with E-state index in [1.54, 1.807) is 19.2 Å². The molecule has 5 nitrogen and oxygen atoms in total. The Morgan fingerprint density at radius 1 is 1.39 bits per heavy atom. The Balaban J connectivity index is 0.00000264. The second kappa shape index (κ2) is 8.99. The minimum atomic E-state index is 0. The van der Waals surface area contributed by atoms with Gasteiger partial charge in [0.25, 0.3) is 5.91 Å². The van der Waals surface area contributed by atoms with Gasteiger partial charge >= 0.3 is 0 Å². The number of hydrogen-bond donors (Lipinski definition) is 1. The molecule has 0 saturated carbocycles. The number of likely N-dealkylation sites (tertiary alicyclic amines) is 1. The maximum absolute atomic E-state index is 12.6. The van der Waals surface area contributed by atoms with Crippen LogP contribution in [-0.2, 0) is 0 Å². The molecule has 2 N–H and O–H groups in total. The lowest BCUT2D eigenvalue weighted by Gasteiger charge is -2.24. The lowest BCUT2D eigenvalue weighted by Crippen LogP contribution is -2.39. The lowest BCUT2D eigenvalue weighted by molar-refractivity contribution is 0.0740. The molecule has 130 valence electrons. The van der Waals surface area contributed by atoms with E-state index in [0.717, 1.165) is 19.4 Å². The molecular weight excluding hydrogens is 316 g/mol. The van der Waals surface area contributed by atoms with Crippen molar-refractivity contribution >= 4 is 18.3 Å². The zero-order valence-electron chi connectivity index (χ0n) is 14.1. The van der Waals surface area contributed by atoms with Crippen LogP contribution in [-0.4, -0.2) is 43.7 Å². The number of halogens is 1. The first-order valence-electron chi connectivity index (χ1n) is 7.88. The Labute approximate surface area is 144 Å². The maximum atomic E-state index is 12.6. The summed E-state index contributed by atoms with van der Waals surface area (Å²) in [6.45, 7) is 6.08. The fourth-order valence-electron chi connectivity index (χ4n) is 2.69. The number of ether oxygens (including phenoxy) is 2. The van der Waals surface area contributed by atoms with Gasteiger partial charge in [0, 0.05) is 24.7 Å². The van der Waals surface area contributed by atoms with Crippen molar-refractivity contribution in [3.05, 3.63) is 23.8 Å². The van der Waals surface area contributed by atoms with Crippen molar-refractivity contribution in [2.24, 2.45) is 11.7 Å². The third-order valence-electron chi connectivity index (χ3n) is 3.89. The Bertz CT molecular complexity index is 523. The van der Waals surface area contributed by atoms with E-state index in [-0.39, 0.29) is 24.4 Å². The van der Waals surface area contributed by atoms with Gasteiger partial charge in [-0.05, 0) is 37.0 Å². The normalized spacial score (nSPS) is 17.1. The number of carbonyl (C=O) groups excluding carboxylic acids is 1. The van der Waals surface area contributed by atoms with Crippen LogP contribution in [0.1, 0.15) is 37.0 Å². The van der Waals surface area contributed by atoms with Crippen LogP contribution in [0.2, 0.25) is 0 Å². The Morgan fingerprint density at radius 3 is 2.74 bits per heavy atom. The van der Waals surface area contributed by atoms with E-state index in [4.69, 9.17) is 15.2 Å². The first-order valence-corrected chi connectivity index (χ1v) is 7.88. The van der Waals surface area contributed by atoms with Crippen LogP contribution in [0, 0.1) is 5.92 Å². The minimum absolute atomic E-state index is 0. The second-order valence-electron chi connectivity index (χ2n) is 6.10. The monoisotopic (exact) mass is 342 g/mol. The molecule has 1 fully saturated rings. The highest BCUT2D eigenvalue weighted by molar-refractivity contribution is 5.95. The summed E-state index contributed by atoms with van der Waals surface area (Å²) >= 11 is 0. The molecular formula is C17H27ClN2O3. The molecule has 6 heteroatoms. The smallest absolute Gasteiger partial charge is 0.254 e. The second-order valence-corrected chi connectivity index (χ2v) is 6.10. The van der Waals surface area contributed by atoms with Gasteiger partial charge in [0.2, 0.25) is 0 Å². The van der Waals surface area contributed by atoms with Gasteiger partial charge in [0.15, 0.2) is 11.5 Å². The first kappa shape index (κ1) is 19.6. The van der Waals surface area contributed by atoms with E-state index in [0.29, 0.717) is 36.1 Å². The summed E-state index contributed by atoms with van der Waals surface area (Å²) in [5, 5.41) is 0. The molecule has 1 atom stereocenters. The standard InChI is InChI=1S/C17H26N2O3.ClH/c1-12(2)11-22-15-7-6-13(9-16(15)21-3)17(20)19-8-4-5-14(19)10-18;/h6-7,9,12,14H,4-5,8,10-11,18H2,1-3H3;1H. The molecule has 2 rings (SSSR count). The minimum Gasteiger partial charge on any atom is -0.493 e. The van der Waals surface area contributed by atoms with E-state index in [2.05, 4.69) is 13.8 Å². The topological polar surface area (TPSA) is 64.8 Å². The number of rotatable bonds is 6. The fraction of sp³-hybridized carbons (Fsp3) is 0.588. The van der Waals surface area contributed by atoms with E-state index in [1.807, 2.05) is 11.0 Å². The highest BCUT2D eigenvalue weighted by Crippen LogP contribution is 2.30. The van der Waals surface area contributed by atoms with Crippen molar-refractivity contribution in [2.45, 2.75) is 32.7 Å². The maximum Gasteiger partial charge on any atom is 0.254 e. The van der Waals surface area contributed by atoms with Gasteiger partial charge in [-0.15, -0.1) is 12.4 Å². The van der Waals surface area contributed by atoms with Crippen LogP contribution in [0.5, 0.6) is 11.5 Å². The molecule has 1 aliphatic rings. The summed E-state index contributed by atoms with van der Waals surface area (Å²) < 4.78 is 11.1. The van der Waals surface area contributed by atoms with Crippen molar-refractivity contribution in [1.29, 1.82) is 0 Å². The van der Waals surface area contributed by atoms with Crippen LogP contribution in [0.3, 0.4) is 0 Å². The fourth-order valence-corrected chi connectivity index (χ4v) is 2.69. The Hall–Kier alpha value is -1.46. The molecule has 1 heterocycles. The van der Waals surface area contributed by atoms with Crippen LogP contribution >= 0.6 is 12.4 Å². The predicted molar refractivity (Wildman–Crippen MR) is 93.7 cm³/mol. The summed E-state index contributed by atoms with van der Waals surface area (Å²) in [6.07, 6.45) is 2.00. The summed E-state index contributed by atoms with van der Waals surface area (Å²) in [5.74, 6) is 1.71. The lowest BCUT2D eigenvalue weighted by atomic mass is 10.1. The zero-order valence-corrected chi connectivity index (χ0v) is 14.9. The van der Waals surface area contributed by atoms with Gasteiger partial charge in [0.05, 0.1) is 13.7 Å². The zero-order chi connectivity index (χ0) is 16.1. The summed E-state index contributed by atoms with van der Waals surface area (Å²) in [6, 6.07) is 5.51. The van der Waals surface area contributed by atoms with Crippen LogP contribution in [0.25, 0.3) is 0 Å². The molecule has 0 bridgehead atoms. The number of methoxy groups -OCH3 is 1. The van der Waals surface area contributed by atoms with Crippen molar-refractivity contribution in [3.8, 4) is 11.5 Å². The molecule has 1 unspecified atom stereocenters. The van der Waals surface area contributed by atoms with E-state index in [1.165, 1.54) is 0 Å². The van der Waals surface area contributed by atoms with Gasteiger partial charge in [0.1, 0.15) is 0 Å². The number of carbonyl (C=O) groups is 1. The van der Waals surface area contributed by atoms with Gasteiger partial charge in [-0.2, -0.15) is 0 Å². The number of hydrogen-bond acceptors (Lipinski definition) is 4. The first-order chi connectivity index (χ1) is 10.6. The summed E-state index contributed by atoms with van der Waals surface area (Å²) in [7, 11) is 1.59. The summed E-state index contributed by atoms with van der Waals surface area (Å²) in [4.78, 5) is 14.5. The van der Waals surface area contributed by atoms with Crippen LogP contribution in [0.15, 0.2) is 18.2 Å². The van der Waals surface area contributed by atoms with Gasteiger partial charge < -0.3 is 20.1 Å². The van der Waals surface area contributed by atoms with Crippen molar-refractivity contribution in [2.75, 3.05) is 26.8 Å². The molecule has 0 radical (unpaired) electrons. The van der Waals surface area contributed by atoms with E-state index < -0.39 is 0 Å². The average molecular weight is 343 g/mol. The van der Waals surface area contributed by atoms with Gasteiger partial charge in [-0.25, -0.2) is 0 Å². The average Bonchev–Trinajstić information content (AvgIpc) is 3.00. The molecule has 1 aromatic carbocycles. The quantitative estimate of drug-likeness (QED) is 0.863. The molecule has 0 aromatic heterocycles. The van der Waals surface area contributed by atoms with Crippen LogP contribution < -0.4 is 15.2 Å². The van der Waals surface area contributed by atoms with E-state index in [9.17, 15) is 4.79 Å². The molecule has 23 heavy (non-hydrogen) atoms. The third-order valence-corrected chi connectivity index (χ3v) is 3.89. The SMILES string of the molecule is COc1cc(C(=O)N2CCCC2CN)ccc1OCC(C)C.Cl. The van der Waals surface area contributed by atoms with E-state index >= 15 is 0 Å². The van der Waals surface area contributed by atoms with Crippen molar-refractivity contribution in [1.82, 2.24) is 4.90 Å². The van der Waals surface area contributed by atoms with Crippen molar-refractivity contribution in [3.63, 3.8) is 0 Å². The Morgan fingerprint density at radius 2 is 2.13 bits per heavy atom. The Kier molecular flexibility index (Phi) is 7.65. The third kappa shape index (κ3) is 4.75. The predicted octanol–water partition coefficient (Wildman–Crippen LogP) is 2.72. The molecule has 0 aliphatic carbocycles.